The van der Waals surface area contributed by atoms with Crippen LogP contribution in [0.25, 0.3) is 0 Å². The zero-order valence-electron chi connectivity index (χ0n) is 13.4. The second-order valence-electron chi connectivity index (χ2n) is 6.05. The van der Waals surface area contributed by atoms with Crippen LogP contribution < -0.4 is 14.8 Å². The molecule has 1 amide bonds. The highest BCUT2D eigenvalue weighted by Gasteiger charge is 2.26. The summed E-state index contributed by atoms with van der Waals surface area (Å²) in [6.45, 7) is 2.78. The smallest absolute Gasteiger partial charge is 0.251 e. The Morgan fingerprint density at radius 3 is 2.79 bits per heavy atom. The Balaban J connectivity index is 1.44. The lowest BCUT2D eigenvalue weighted by Crippen LogP contribution is -2.36. The number of fused-ring (bicyclic) bond motifs is 1. The molecule has 1 atom stereocenters. The first-order chi connectivity index (χ1) is 11.8. The van der Waals surface area contributed by atoms with Crippen molar-refractivity contribution in [3.63, 3.8) is 0 Å². The first kappa shape index (κ1) is 15.1. The molecule has 6 nitrogen and oxygen atoms in total. The summed E-state index contributed by atoms with van der Waals surface area (Å²) in [4.78, 5) is 14.8. The molecular weight excluding hydrogens is 308 g/mol. The van der Waals surface area contributed by atoms with Crippen molar-refractivity contribution >= 4 is 5.91 Å². The van der Waals surface area contributed by atoms with E-state index < -0.39 is 0 Å². The van der Waals surface area contributed by atoms with Crippen LogP contribution in [0.4, 0.5) is 0 Å². The number of carbonyl (C=O) groups excluding carboxylic acids is 1. The van der Waals surface area contributed by atoms with Gasteiger partial charge in [0.05, 0.1) is 12.3 Å². The summed E-state index contributed by atoms with van der Waals surface area (Å²) >= 11 is 0. The van der Waals surface area contributed by atoms with Crippen molar-refractivity contribution in [2.45, 2.75) is 18.9 Å². The molecule has 0 radical (unpaired) electrons. The molecule has 4 rings (SSSR count). The summed E-state index contributed by atoms with van der Waals surface area (Å²) in [6, 6.07) is 9.16. The molecule has 2 aliphatic heterocycles. The Morgan fingerprint density at radius 1 is 1.17 bits per heavy atom. The highest BCUT2D eigenvalue weighted by atomic mass is 16.7. The zero-order valence-corrected chi connectivity index (χ0v) is 13.4. The normalized spacial score (nSPS) is 17.8. The lowest BCUT2D eigenvalue weighted by Gasteiger charge is -2.26. The minimum Gasteiger partial charge on any atom is -0.468 e. The van der Waals surface area contributed by atoms with Gasteiger partial charge in [0, 0.05) is 12.1 Å². The molecule has 24 heavy (non-hydrogen) atoms. The van der Waals surface area contributed by atoms with Crippen LogP contribution in [0.2, 0.25) is 0 Å². The van der Waals surface area contributed by atoms with Gasteiger partial charge < -0.3 is 19.2 Å². The molecule has 1 fully saturated rings. The molecule has 0 spiro atoms. The lowest BCUT2D eigenvalue weighted by molar-refractivity contribution is 0.0933. The molecule has 0 saturated carbocycles. The quantitative estimate of drug-likeness (QED) is 0.914. The molecular formula is C18H20N2O4. The van der Waals surface area contributed by atoms with E-state index in [-0.39, 0.29) is 18.7 Å². The standard InChI is InChI=1S/C18H20N2O4/c21-18(13-5-6-16-17(10-13)24-12-23-16)19-11-14(15-4-3-9-22-15)20-7-1-2-8-20/h3-6,9-10,14H,1-2,7-8,11-12H2,(H,19,21). The van der Waals surface area contributed by atoms with Gasteiger partial charge in [0.15, 0.2) is 11.5 Å². The highest BCUT2D eigenvalue weighted by Crippen LogP contribution is 2.32. The minimum absolute atomic E-state index is 0.0699. The average Bonchev–Trinajstić information content (AvgIpc) is 3.36. The topological polar surface area (TPSA) is 63.9 Å². The van der Waals surface area contributed by atoms with Gasteiger partial charge in [0.2, 0.25) is 6.79 Å². The Hall–Kier alpha value is -2.47. The summed E-state index contributed by atoms with van der Waals surface area (Å²) in [5, 5.41) is 3.02. The van der Waals surface area contributed by atoms with E-state index in [2.05, 4.69) is 10.2 Å². The van der Waals surface area contributed by atoms with Crippen LogP contribution in [0.15, 0.2) is 41.0 Å². The second-order valence-corrected chi connectivity index (χ2v) is 6.05. The van der Waals surface area contributed by atoms with Crippen molar-refractivity contribution in [3.8, 4) is 11.5 Å². The number of furan rings is 1. The molecule has 0 aliphatic carbocycles. The highest BCUT2D eigenvalue weighted by molar-refractivity contribution is 5.94. The fourth-order valence-electron chi connectivity index (χ4n) is 3.27. The van der Waals surface area contributed by atoms with Crippen LogP contribution in [0.3, 0.4) is 0 Å². The summed E-state index contributed by atoms with van der Waals surface area (Å²) < 4.78 is 16.2. The predicted octanol–water partition coefficient (Wildman–Crippen LogP) is 2.58. The molecule has 1 aromatic heterocycles. The van der Waals surface area contributed by atoms with Crippen molar-refractivity contribution < 1.29 is 18.7 Å². The number of nitrogens with one attached hydrogen (secondary N) is 1. The SMILES string of the molecule is O=C(NCC(c1ccco1)N1CCCC1)c1ccc2c(c1)OCO2. The van der Waals surface area contributed by atoms with Gasteiger partial charge in [0.1, 0.15) is 5.76 Å². The van der Waals surface area contributed by atoms with Gasteiger partial charge in [-0.25, -0.2) is 0 Å². The number of hydrogen-bond acceptors (Lipinski definition) is 5. The minimum atomic E-state index is -0.121. The third kappa shape index (κ3) is 2.97. The third-order valence-corrected chi connectivity index (χ3v) is 4.54. The number of amides is 1. The zero-order chi connectivity index (χ0) is 16.4. The van der Waals surface area contributed by atoms with Crippen molar-refractivity contribution in [3.05, 3.63) is 47.9 Å². The number of nitrogens with zero attached hydrogens (tertiary/aromatic N) is 1. The Kier molecular flexibility index (Phi) is 4.13. The maximum atomic E-state index is 12.5. The van der Waals surface area contributed by atoms with E-state index in [1.54, 1.807) is 24.5 Å². The van der Waals surface area contributed by atoms with Crippen LogP contribution in [-0.4, -0.2) is 37.2 Å². The number of benzene rings is 1. The van der Waals surface area contributed by atoms with E-state index in [0.717, 1.165) is 18.8 Å². The van der Waals surface area contributed by atoms with Gasteiger partial charge in [-0.3, -0.25) is 9.69 Å². The van der Waals surface area contributed by atoms with Crippen molar-refractivity contribution in [1.82, 2.24) is 10.2 Å². The fraction of sp³-hybridized carbons (Fsp3) is 0.389. The summed E-state index contributed by atoms with van der Waals surface area (Å²) in [6.07, 6.45) is 4.05. The molecule has 1 saturated heterocycles. The summed E-state index contributed by atoms with van der Waals surface area (Å²) in [5.41, 5.74) is 0.568. The molecule has 2 aromatic rings. The van der Waals surface area contributed by atoms with Gasteiger partial charge in [-0.05, 0) is 56.3 Å². The van der Waals surface area contributed by atoms with Crippen LogP contribution in [0, 0.1) is 0 Å². The number of hydrogen-bond donors (Lipinski definition) is 1. The molecule has 2 aliphatic rings. The van der Waals surface area contributed by atoms with E-state index in [1.807, 2.05) is 12.1 Å². The summed E-state index contributed by atoms with van der Waals surface area (Å²) in [5.74, 6) is 2.06. The number of rotatable bonds is 5. The van der Waals surface area contributed by atoms with E-state index in [9.17, 15) is 4.79 Å². The lowest BCUT2D eigenvalue weighted by atomic mass is 10.1. The number of carbonyl (C=O) groups is 1. The summed E-state index contributed by atoms with van der Waals surface area (Å²) in [7, 11) is 0. The van der Waals surface area contributed by atoms with Gasteiger partial charge in [-0.2, -0.15) is 0 Å². The fourth-order valence-corrected chi connectivity index (χ4v) is 3.27. The monoisotopic (exact) mass is 328 g/mol. The Morgan fingerprint density at radius 2 is 2.00 bits per heavy atom. The molecule has 1 aromatic carbocycles. The van der Waals surface area contributed by atoms with E-state index in [0.29, 0.717) is 23.6 Å². The molecule has 1 unspecified atom stereocenters. The van der Waals surface area contributed by atoms with Crippen LogP contribution >= 0.6 is 0 Å². The first-order valence-electron chi connectivity index (χ1n) is 8.26. The maximum Gasteiger partial charge on any atom is 0.251 e. The maximum absolute atomic E-state index is 12.5. The van der Waals surface area contributed by atoms with Crippen LogP contribution in [0.1, 0.15) is 35.0 Å². The van der Waals surface area contributed by atoms with Gasteiger partial charge in [0.25, 0.3) is 5.91 Å². The van der Waals surface area contributed by atoms with E-state index in [4.69, 9.17) is 13.9 Å². The van der Waals surface area contributed by atoms with Gasteiger partial charge in [-0.15, -0.1) is 0 Å². The van der Waals surface area contributed by atoms with Gasteiger partial charge in [-0.1, -0.05) is 0 Å². The van der Waals surface area contributed by atoms with Crippen molar-refractivity contribution in [2.75, 3.05) is 26.4 Å². The van der Waals surface area contributed by atoms with Crippen molar-refractivity contribution in [1.29, 1.82) is 0 Å². The van der Waals surface area contributed by atoms with Crippen molar-refractivity contribution in [2.24, 2.45) is 0 Å². The average molecular weight is 328 g/mol. The third-order valence-electron chi connectivity index (χ3n) is 4.54. The van der Waals surface area contributed by atoms with Crippen LogP contribution in [-0.2, 0) is 0 Å². The molecule has 3 heterocycles. The van der Waals surface area contributed by atoms with Gasteiger partial charge >= 0.3 is 0 Å². The number of ether oxygens (including phenoxy) is 2. The molecule has 1 N–H and O–H groups in total. The van der Waals surface area contributed by atoms with E-state index in [1.165, 1.54) is 12.8 Å². The Labute approximate surface area is 140 Å². The Bertz CT molecular complexity index is 708. The molecule has 6 heteroatoms. The number of likely N-dealkylation sites (tertiary alicyclic amines) is 1. The second kappa shape index (κ2) is 6.57. The predicted molar refractivity (Wildman–Crippen MR) is 87.2 cm³/mol. The largest absolute Gasteiger partial charge is 0.468 e. The molecule has 0 bridgehead atoms. The van der Waals surface area contributed by atoms with E-state index >= 15 is 0 Å². The first-order valence-corrected chi connectivity index (χ1v) is 8.26. The molecule has 126 valence electrons. The van der Waals surface area contributed by atoms with Crippen LogP contribution in [0.5, 0.6) is 11.5 Å².